The number of aromatic nitrogens is 2. The fourth-order valence-corrected chi connectivity index (χ4v) is 8.73. The predicted octanol–water partition coefficient (Wildman–Crippen LogP) is 3.42. The summed E-state index contributed by atoms with van der Waals surface area (Å²) in [7, 11) is -1.76. The van der Waals surface area contributed by atoms with Gasteiger partial charge in [-0.2, -0.15) is 18.2 Å². The molecule has 1 aliphatic carbocycles. The average molecular weight is 439 g/mol. The molecular formula is C21H35ClF3N2P. The Kier molecular flexibility index (Phi) is 10.7. The molecule has 0 N–H and O–H groups in total. The number of halogens is 4. The Hall–Kier alpha value is -0.410. The number of hydrogen-bond acceptors (Lipinski definition) is 2. The SMILES string of the molecule is CCCC[P+](CCCC)(CCCC)c1nc2c(c(C(F)(F)F)n1)CCCC2.[Cl-]. The molecule has 0 amide bonds. The van der Waals surface area contributed by atoms with Crippen LogP contribution in [-0.4, -0.2) is 28.5 Å². The van der Waals surface area contributed by atoms with E-state index in [1.165, 1.54) is 0 Å². The number of hydrogen-bond donors (Lipinski definition) is 0. The average Bonchev–Trinajstić information content (AvgIpc) is 2.66. The molecule has 7 heteroatoms. The Bertz CT molecular complexity index is 586. The van der Waals surface area contributed by atoms with Gasteiger partial charge in [-0.1, -0.05) is 40.0 Å². The lowest BCUT2D eigenvalue weighted by Crippen LogP contribution is -3.00. The maximum atomic E-state index is 13.8. The van der Waals surface area contributed by atoms with E-state index in [2.05, 4.69) is 25.8 Å². The van der Waals surface area contributed by atoms with Crippen LogP contribution >= 0.6 is 7.26 Å². The van der Waals surface area contributed by atoms with Crippen molar-refractivity contribution in [1.82, 2.24) is 9.97 Å². The zero-order valence-corrected chi connectivity index (χ0v) is 19.2. The van der Waals surface area contributed by atoms with Crippen LogP contribution in [0.15, 0.2) is 0 Å². The Morgan fingerprint density at radius 1 is 0.821 bits per heavy atom. The zero-order valence-electron chi connectivity index (χ0n) is 17.5. The van der Waals surface area contributed by atoms with E-state index in [9.17, 15) is 13.2 Å². The highest BCUT2D eigenvalue weighted by Crippen LogP contribution is 2.59. The molecule has 1 heterocycles. The van der Waals surface area contributed by atoms with E-state index >= 15 is 0 Å². The Balaban J connectivity index is 0.00000392. The first-order valence-electron chi connectivity index (χ1n) is 10.7. The Morgan fingerprint density at radius 3 is 1.79 bits per heavy atom. The van der Waals surface area contributed by atoms with Gasteiger partial charge in [0.15, 0.2) is 5.69 Å². The third-order valence-electron chi connectivity index (χ3n) is 5.68. The van der Waals surface area contributed by atoms with Crippen LogP contribution in [0, 0.1) is 0 Å². The van der Waals surface area contributed by atoms with Crippen molar-refractivity contribution in [2.45, 2.75) is 91.2 Å². The molecule has 1 aromatic heterocycles. The van der Waals surface area contributed by atoms with Crippen molar-refractivity contribution in [2.75, 3.05) is 18.5 Å². The predicted molar refractivity (Wildman–Crippen MR) is 110 cm³/mol. The molecule has 0 aromatic carbocycles. The number of fused-ring (bicyclic) bond motifs is 1. The molecule has 162 valence electrons. The van der Waals surface area contributed by atoms with Gasteiger partial charge in [-0.15, -0.1) is 0 Å². The van der Waals surface area contributed by atoms with Gasteiger partial charge in [0.1, 0.15) is 0 Å². The van der Waals surface area contributed by atoms with Gasteiger partial charge in [-0.25, -0.2) is 4.98 Å². The van der Waals surface area contributed by atoms with Crippen molar-refractivity contribution < 1.29 is 25.6 Å². The van der Waals surface area contributed by atoms with Crippen molar-refractivity contribution >= 4 is 12.8 Å². The van der Waals surface area contributed by atoms with Gasteiger partial charge in [-0.3, -0.25) is 0 Å². The Morgan fingerprint density at radius 2 is 1.32 bits per heavy atom. The second-order valence-electron chi connectivity index (χ2n) is 7.88. The summed E-state index contributed by atoms with van der Waals surface area (Å²) in [5, 5.41) is 0. The molecule has 2 nitrogen and oxygen atoms in total. The van der Waals surface area contributed by atoms with Crippen LogP contribution in [0.1, 0.15) is 89.1 Å². The van der Waals surface area contributed by atoms with E-state index in [1.54, 1.807) is 0 Å². The quantitative estimate of drug-likeness (QED) is 0.523. The number of unbranched alkanes of at least 4 members (excludes halogenated alkanes) is 3. The standard InChI is InChI=1S/C21H35F3N2P.ClH/c1-4-7-14-27(15-8-5-2,16-9-6-3)20-25-18-13-11-10-12-17(18)19(26-20)21(22,23)24;/h4-16H2,1-3H3;1H/q+1;/p-1. The fraction of sp³-hybridized carbons (Fsp3) is 0.810. The van der Waals surface area contributed by atoms with Crippen molar-refractivity contribution in [3.05, 3.63) is 17.0 Å². The molecule has 0 unspecified atom stereocenters. The lowest BCUT2D eigenvalue weighted by atomic mass is 9.94. The molecule has 0 saturated carbocycles. The van der Waals surface area contributed by atoms with Gasteiger partial charge < -0.3 is 12.4 Å². The summed E-state index contributed by atoms with van der Waals surface area (Å²) < 4.78 is 41.5. The summed E-state index contributed by atoms with van der Waals surface area (Å²) in [6.07, 6.45) is 7.87. The summed E-state index contributed by atoms with van der Waals surface area (Å²) in [5.74, 6) is 0. The van der Waals surface area contributed by atoms with Crippen LogP contribution in [0.25, 0.3) is 0 Å². The van der Waals surface area contributed by atoms with Gasteiger partial charge in [-0.05, 0) is 44.9 Å². The van der Waals surface area contributed by atoms with Gasteiger partial charge in [0.05, 0.1) is 31.4 Å². The van der Waals surface area contributed by atoms with Gasteiger partial charge in [0, 0.05) is 5.56 Å². The third-order valence-corrected chi connectivity index (χ3v) is 10.2. The highest BCUT2D eigenvalue weighted by atomic mass is 35.5. The smallest absolute Gasteiger partial charge is 0.433 e. The maximum absolute atomic E-state index is 13.8. The number of alkyl halides is 3. The van der Waals surface area contributed by atoms with Crippen molar-refractivity contribution in [1.29, 1.82) is 0 Å². The van der Waals surface area contributed by atoms with E-state index in [-0.39, 0.29) is 12.4 Å². The lowest BCUT2D eigenvalue weighted by Gasteiger charge is -2.28. The van der Waals surface area contributed by atoms with Crippen LogP contribution < -0.4 is 18.0 Å². The maximum Gasteiger partial charge on any atom is 0.433 e. The largest absolute Gasteiger partial charge is 1.00 e. The fourth-order valence-electron chi connectivity index (χ4n) is 4.05. The van der Waals surface area contributed by atoms with Crippen LogP contribution in [0.2, 0.25) is 0 Å². The molecule has 0 saturated heterocycles. The molecule has 0 aliphatic heterocycles. The van der Waals surface area contributed by atoms with Crippen LogP contribution in [-0.2, 0) is 19.0 Å². The summed E-state index contributed by atoms with van der Waals surface area (Å²) in [4.78, 5) is 9.16. The summed E-state index contributed by atoms with van der Waals surface area (Å²) in [6, 6.07) is 0. The lowest BCUT2D eigenvalue weighted by molar-refractivity contribution is -0.141. The molecule has 0 bridgehead atoms. The third kappa shape index (κ3) is 6.29. The normalized spacial score (nSPS) is 14.5. The highest BCUT2D eigenvalue weighted by Gasteiger charge is 2.45. The topological polar surface area (TPSA) is 25.8 Å². The van der Waals surface area contributed by atoms with Gasteiger partial charge >= 0.3 is 6.18 Å². The first-order valence-corrected chi connectivity index (χ1v) is 13.1. The van der Waals surface area contributed by atoms with Crippen molar-refractivity contribution in [2.24, 2.45) is 0 Å². The molecule has 0 radical (unpaired) electrons. The van der Waals surface area contributed by atoms with E-state index in [0.29, 0.717) is 29.7 Å². The summed E-state index contributed by atoms with van der Waals surface area (Å²) >= 11 is 0. The first-order chi connectivity index (χ1) is 12.9. The van der Waals surface area contributed by atoms with Crippen LogP contribution in [0.3, 0.4) is 0 Å². The van der Waals surface area contributed by atoms with Gasteiger partial charge in [0.2, 0.25) is 0 Å². The number of aryl methyl sites for hydroxylation is 1. The molecular weight excluding hydrogens is 404 g/mol. The zero-order chi connectivity index (χ0) is 19.9. The Labute approximate surface area is 175 Å². The van der Waals surface area contributed by atoms with Crippen LogP contribution in [0.5, 0.6) is 0 Å². The van der Waals surface area contributed by atoms with Gasteiger partial charge in [0.25, 0.3) is 5.57 Å². The minimum atomic E-state index is -4.38. The van der Waals surface area contributed by atoms with Crippen molar-refractivity contribution in [3.8, 4) is 0 Å². The molecule has 1 aliphatic rings. The molecule has 28 heavy (non-hydrogen) atoms. The summed E-state index contributed by atoms with van der Waals surface area (Å²) in [6.45, 7) is 6.47. The number of nitrogens with zero attached hydrogens (tertiary/aromatic N) is 2. The molecule has 2 rings (SSSR count). The molecule has 1 aromatic rings. The summed E-state index contributed by atoms with van der Waals surface area (Å²) in [5.41, 5.74) is 1.02. The minimum Gasteiger partial charge on any atom is -1.00 e. The van der Waals surface area contributed by atoms with E-state index < -0.39 is 19.1 Å². The van der Waals surface area contributed by atoms with Crippen molar-refractivity contribution in [3.63, 3.8) is 0 Å². The molecule has 0 atom stereocenters. The minimum absolute atomic E-state index is 0. The highest BCUT2D eigenvalue weighted by molar-refractivity contribution is 7.82. The van der Waals surface area contributed by atoms with E-state index in [4.69, 9.17) is 4.98 Å². The molecule has 0 fully saturated rings. The second-order valence-corrected chi connectivity index (χ2v) is 11.9. The second kappa shape index (κ2) is 11.7. The van der Waals surface area contributed by atoms with E-state index in [1.807, 2.05) is 0 Å². The number of rotatable bonds is 10. The first kappa shape index (κ1) is 25.6. The van der Waals surface area contributed by atoms with Crippen LogP contribution in [0.4, 0.5) is 13.2 Å². The molecule has 0 spiro atoms. The van der Waals surface area contributed by atoms with E-state index in [0.717, 1.165) is 69.9 Å². The monoisotopic (exact) mass is 438 g/mol.